The van der Waals surface area contributed by atoms with E-state index in [1.807, 2.05) is 28.4 Å². The quantitative estimate of drug-likeness (QED) is 0.765. The first-order chi connectivity index (χ1) is 12.3. The SMILES string of the molecule is O=C(NCCc1csc(-c2cccnc2)n1)c1cnn2c1CCCC2. The van der Waals surface area contributed by atoms with Crippen molar-refractivity contribution in [1.82, 2.24) is 25.1 Å². The summed E-state index contributed by atoms with van der Waals surface area (Å²) < 4.78 is 1.96. The molecule has 4 rings (SSSR count). The van der Waals surface area contributed by atoms with Gasteiger partial charge in [-0.2, -0.15) is 5.10 Å². The van der Waals surface area contributed by atoms with Crippen molar-refractivity contribution in [2.75, 3.05) is 6.54 Å². The molecular weight excluding hydrogens is 334 g/mol. The summed E-state index contributed by atoms with van der Waals surface area (Å²) in [5.41, 5.74) is 3.79. The van der Waals surface area contributed by atoms with E-state index >= 15 is 0 Å². The molecule has 0 aromatic carbocycles. The molecule has 0 saturated heterocycles. The van der Waals surface area contributed by atoms with Crippen LogP contribution in [0.5, 0.6) is 0 Å². The molecule has 1 N–H and O–H groups in total. The lowest BCUT2D eigenvalue weighted by Gasteiger charge is -2.14. The van der Waals surface area contributed by atoms with Crippen LogP contribution in [0.2, 0.25) is 0 Å². The summed E-state index contributed by atoms with van der Waals surface area (Å²) in [6.07, 6.45) is 9.17. The van der Waals surface area contributed by atoms with E-state index in [1.54, 1.807) is 23.7 Å². The Morgan fingerprint density at radius 2 is 2.28 bits per heavy atom. The van der Waals surface area contributed by atoms with Crippen LogP contribution >= 0.6 is 11.3 Å². The van der Waals surface area contributed by atoms with Gasteiger partial charge in [0.1, 0.15) is 5.01 Å². The summed E-state index contributed by atoms with van der Waals surface area (Å²) in [6.45, 7) is 1.48. The van der Waals surface area contributed by atoms with Gasteiger partial charge < -0.3 is 5.32 Å². The number of carbonyl (C=O) groups excluding carboxylic acids is 1. The van der Waals surface area contributed by atoms with Gasteiger partial charge in [-0.1, -0.05) is 0 Å². The van der Waals surface area contributed by atoms with E-state index < -0.39 is 0 Å². The van der Waals surface area contributed by atoms with Crippen LogP contribution in [0.3, 0.4) is 0 Å². The zero-order chi connectivity index (χ0) is 17.1. The number of thiazole rings is 1. The molecule has 0 radical (unpaired) electrons. The molecule has 0 saturated carbocycles. The van der Waals surface area contributed by atoms with Gasteiger partial charge in [0.2, 0.25) is 0 Å². The zero-order valence-electron chi connectivity index (χ0n) is 13.8. The van der Waals surface area contributed by atoms with Crippen LogP contribution in [0.4, 0.5) is 0 Å². The fraction of sp³-hybridized carbons (Fsp3) is 0.333. The Bertz CT molecular complexity index is 871. The number of aryl methyl sites for hydroxylation is 1. The molecule has 6 nitrogen and oxygen atoms in total. The second-order valence-electron chi connectivity index (χ2n) is 6.08. The minimum atomic E-state index is -0.0362. The molecule has 0 fully saturated rings. The summed E-state index contributed by atoms with van der Waals surface area (Å²) in [5, 5.41) is 10.3. The Labute approximate surface area is 149 Å². The molecule has 7 heteroatoms. The van der Waals surface area contributed by atoms with E-state index in [9.17, 15) is 4.79 Å². The lowest BCUT2D eigenvalue weighted by atomic mass is 10.1. The van der Waals surface area contributed by atoms with Gasteiger partial charge in [0.25, 0.3) is 5.91 Å². The molecule has 128 valence electrons. The van der Waals surface area contributed by atoms with Gasteiger partial charge >= 0.3 is 0 Å². The third-order valence-electron chi connectivity index (χ3n) is 4.35. The Morgan fingerprint density at radius 1 is 1.32 bits per heavy atom. The number of carbonyl (C=O) groups is 1. The van der Waals surface area contributed by atoms with E-state index in [4.69, 9.17) is 0 Å². The maximum absolute atomic E-state index is 12.4. The average Bonchev–Trinajstić information content (AvgIpc) is 3.29. The van der Waals surface area contributed by atoms with E-state index in [-0.39, 0.29) is 5.91 Å². The van der Waals surface area contributed by atoms with Crippen LogP contribution in [-0.2, 0) is 19.4 Å². The van der Waals surface area contributed by atoms with Gasteiger partial charge in [-0.25, -0.2) is 4.98 Å². The number of rotatable bonds is 5. The number of aromatic nitrogens is 4. The normalized spacial score (nSPS) is 13.4. The molecule has 3 aromatic rings. The average molecular weight is 353 g/mol. The van der Waals surface area contributed by atoms with Gasteiger partial charge in [0.05, 0.1) is 23.1 Å². The number of nitrogens with zero attached hydrogens (tertiary/aromatic N) is 4. The molecule has 4 heterocycles. The van der Waals surface area contributed by atoms with Crippen LogP contribution in [-0.4, -0.2) is 32.2 Å². The highest BCUT2D eigenvalue weighted by molar-refractivity contribution is 7.13. The van der Waals surface area contributed by atoms with Crippen LogP contribution in [0, 0.1) is 0 Å². The maximum atomic E-state index is 12.4. The van der Waals surface area contributed by atoms with E-state index in [0.29, 0.717) is 18.5 Å². The Kier molecular flexibility index (Phi) is 4.56. The predicted molar refractivity (Wildman–Crippen MR) is 96.5 cm³/mol. The van der Waals surface area contributed by atoms with Crippen molar-refractivity contribution in [3.05, 3.63) is 53.1 Å². The highest BCUT2D eigenvalue weighted by Gasteiger charge is 2.19. The topological polar surface area (TPSA) is 72.7 Å². The van der Waals surface area contributed by atoms with E-state index in [0.717, 1.165) is 47.8 Å². The Hall–Kier alpha value is -2.54. The number of hydrogen-bond acceptors (Lipinski definition) is 5. The number of nitrogens with one attached hydrogen (secondary N) is 1. The lowest BCUT2D eigenvalue weighted by Crippen LogP contribution is -2.27. The van der Waals surface area contributed by atoms with Crippen LogP contribution in [0.1, 0.15) is 34.6 Å². The van der Waals surface area contributed by atoms with Crippen molar-refractivity contribution in [3.8, 4) is 10.6 Å². The van der Waals surface area contributed by atoms with Gasteiger partial charge in [0, 0.05) is 42.8 Å². The maximum Gasteiger partial charge on any atom is 0.254 e. The number of amides is 1. The summed E-state index contributed by atoms with van der Waals surface area (Å²) in [6, 6.07) is 3.91. The molecule has 0 atom stereocenters. The van der Waals surface area contributed by atoms with Crippen LogP contribution in [0.15, 0.2) is 36.1 Å². The van der Waals surface area contributed by atoms with Crippen LogP contribution in [0.25, 0.3) is 10.6 Å². The third-order valence-corrected chi connectivity index (χ3v) is 5.29. The molecule has 3 aromatic heterocycles. The summed E-state index contributed by atoms with van der Waals surface area (Å²) >= 11 is 1.60. The van der Waals surface area contributed by atoms with Crippen molar-refractivity contribution in [2.24, 2.45) is 0 Å². The van der Waals surface area contributed by atoms with E-state index in [2.05, 4.69) is 20.4 Å². The first-order valence-corrected chi connectivity index (χ1v) is 9.37. The van der Waals surface area contributed by atoms with Crippen molar-refractivity contribution >= 4 is 17.2 Å². The zero-order valence-corrected chi connectivity index (χ0v) is 14.6. The number of hydrogen-bond donors (Lipinski definition) is 1. The molecule has 1 aliphatic rings. The van der Waals surface area contributed by atoms with Crippen molar-refractivity contribution in [2.45, 2.75) is 32.2 Å². The van der Waals surface area contributed by atoms with Crippen molar-refractivity contribution in [1.29, 1.82) is 0 Å². The minimum absolute atomic E-state index is 0.0362. The third kappa shape index (κ3) is 3.46. The first kappa shape index (κ1) is 16.0. The second-order valence-corrected chi connectivity index (χ2v) is 6.93. The van der Waals surface area contributed by atoms with Crippen molar-refractivity contribution in [3.63, 3.8) is 0 Å². The molecule has 1 amide bonds. The highest BCUT2D eigenvalue weighted by Crippen LogP contribution is 2.22. The predicted octanol–water partition coefficient (Wildman–Crippen LogP) is 2.71. The first-order valence-electron chi connectivity index (χ1n) is 8.49. The molecule has 0 bridgehead atoms. The fourth-order valence-electron chi connectivity index (χ4n) is 3.05. The molecule has 0 spiro atoms. The molecule has 1 aliphatic heterocycles. The summed E-state index contributed by atoms with van der Waals surface area (Å²) in [5.74, 6) is -0.0362. The fourth-order valence-corrected chi connectivity index (χ4v) is 3.90. The molecule has 0 aliphatic carbocycles. The van der Waals surface area contributed by atoms with Gasteiger partial charge in [-0.3, -0.25) is 14.5 Å². The molecular formula is C18H19N5OS. The number of pyridine rings is 1. The summed E-state index contributed by atoms with van der Waals surface area (Å²) in [7, 11) is 0. The Balaban J connectivity index is 1.34. The van der Waals surface area contributed by atoms with Crippen molar-refractivity contribution < 1.29 is 4.79 Å². The summed E-state index contributed by atoms with van der Waals surface area (Å²) in [4.78, 5) is 21.1. The largest absolute Gasteiger partial charge is 0.352 e. The molecule has 0 unspecified atom stereocenters. The number of fused-ring (bicyclic) bond motifs is 1. The van der Waals surface area contributed by atoms with Gasteiger partial charge in [0.15, 0.2) is 0 Å². The van der Waals surface area contributed by atoms with Gasteiger partial charge in [-0.05, 0) is 31.4 Å². The smallest absolute Gasteiger partial charge is 0.254 e. The van der Waals surface area contributed by atoms with Gasteiger partial charge in [-0.15, -0.1) is 11.3 Å². The second kappa shape index (κ2) is 7.14. The van der Waals surface area contributed by atoms with Crippen LogP contribution < -0.4 is 5.32 Å². The monoisotopic (exact) mass is 353 g/mol. The Morgan fingerprint density at radius 3 is 3.16 bits per heavy atom. The standard InChI is InChI=1S/C18H19N5OS/c24-17(15-11-21-23-9-2-1-5-16(15)23)20-8-6-14-12-25-18(22-14)13-4-3-7-19-10-13/h3-4,7,10-12H,1-2,5-6,8-9H2,(H,20,24). The highest BCUT2D eigenvalue weighted by atomic mass is 32.1. The van der Waals surface area contributed by atoms with E-state index in [1.165, 1.54) is 0 Å². The lowest BCUT2D eigenvalue weighted by molar-refractivity contribution is 0.0952. The minimum Gasteiger partial charge on any atom is -0.352 e. The molecule has 25 heavy (non-hydrogen) atoms.